The molecule has 0 radical (unpaired) electrons. The van der Waals surface area contributed by atoms with E-state index in [4.69, 9.17) is 36.1 Å². The number of alkyl halides is 6. The van der Waals surface area contributed by atoms with Crippen LogP contribution >= 0.6 is 11.6 Å². The van der Waals surface area contributed by atoms with E-state index in [1.165, 1.54) is 0 Å². The van der Waals surface area contributed by atoms with Crippen LogP contribution < -0.4 is 15.0 Å². The molecule has 2 aromatic heterocycles. The number of pyridine rings is 2. The van der Waals surface area contributed by atoms with Gasteiger partial charge in [0.15, 0.2) is 12.4 Å². The highest BCUT2D eigenvalue weighted by Crippen LogP contribution is 2.31. The Morgan fingerprint density at radius 1 is 0.976 bits per heavy atom. The number of fused-ring (bicyclic) bond motifs is 1. The fraction of sp³-hybridized carbons (Fsp3) is 0.240. The third-order valence-electron chi connectivity index (χ3n) is 5.06. The monoisotopic (exact) mass is 622 g/mol. The summed E-state index contributed by atoms with van der Waals surface area (Å²) in [7, 11) is 0. The number of carboxylic acids is 2. The van der Waals surface area contributed by atoms with Crippen LogP contribution in [0.25, 0.3) is 11.1 Å². The molecule has 0 atom stereocenters. The van der Waals surface area contributed by atoms with Crippen molar-refractivity contribution in [1.29, 1.82) is 0 Å². The Bertz CT molecular complexity index is 1380. The zero-order valence-corrected chi connectivity index (χ0v) is 22.1. The highest BCUT2D eigenvalue weighted by Gasteiger charge is 2.38. The Morgan fingerprint density at radius 3 is 2.07 bits per heavy atom. The van der Waals surface area contributed by atoms with Gasteiger partial charge in [0.25, 0.3) is 5.91 Å². The molecule has 1 amide bonds. The Hall–Kier alpha value is -4.60. The lowest BCUT2D eigenvalue weighted by atomic mass is 10.1. The number of nitrogens with zero attached hydrogens (tertiary/aromatic N) is 3. The number of carboxylic acid groups (broad SMARTS) is 2. The molecule has 10 nitrogen and oxygen atoms in total. The van der Waals surface area contributed by atoms with Gasteiger partial charge in [0.05, 0.1) is 5.69 Å². The van der Waals surface area contributed by atoms with Crippen LogP contribution in [-0.4, -0.2) is 70.1 Å². The van der Waals surface area contributed by atoms with Gasteiger partial charge in [-0.2, -0.15) is 26.3 Å². The minimum atomic E-state index is -5.08. The number of hydrogen-bond donors (Lipinski definition) is 3. The topological polar surface area (TPSA) is 142 Å². The number of aromatic nitrogens is 2. The molecular formula is C25H21ClF6N4O6. The Morgan fingerprint density at radius 2 is 1.55 bits per heavy atom. The summed E-state index contributed by atoms with van der Waals surface area (Å²) in [5.74, 6) is -4.39. The average molecular weight is 623 g/mol. The van der Waals surface area contributed by atoms with Crippen molar-refractivity contribution >= 4 is 41.0 Å². The number of ether oxygens (including phenoxy) is 1. The molecular weight excluding hydrogens is 602 g/mol. The molecule has 0 bridgehead atoms. The number of nitrogens with one attached hydrogen (secondary N) is 1. The molecule has 3 N–H and O–H groups in total. The number of halogens is 7. The van der Waals surface area contributed by atoms with Gasteiger partial charge >= 0.3 is 24.3 Å². The molecule has 0 spiro atoms. The summed E-state index contributed by atoms with van der Waals surface area (Å²) in [5.41, 5.74) is 3.71. The van der Waals surface area contributed by atoms with Crippen molar-refractivity contribution in [2.45, 2.75) is 19.3 Å². The maximum Gasteiger partial charge on any atom is 0.490 e. The first kappa shape index (κ1) is 33.6. The van der Waals surface area contributed by atoms with Crippen LogP contribution in [0.4, 0.5) is 37.8 Å². The summed E-state index contributed by atoms with van der Waals surface area (Å²) >= 11 is 5.97. The minimum Gasteiger partial charge on any atom is -0.483 e. The van der Waals surface area contributed by atoms with Gasteiger partial charge in [-0.25, -0.2) is 14.6 Å². The van der Waals surface area contributed by atoms with Gasteiger partial charge in [-0.05, 0) is 54.4 Å². The number of anilines is 2. The lowest BCUT2D eigenvalue weighted by Crippen LogP contribution is -2.42. The van der Waals surface area contributed by atoms with E-state index in [2.05, 4.69) is 15.3 Å². The number of benzene rings is 1. The van der Waals surface area contributed by atoms with E-state index in [-0.39, 0.29) is 12.5 Å². The van der Waals surface area contributed by atoms with Gasteiger partial charge in [-0.3, -0.25) is 14.7 Å². The zero-order valence-electron chi connectivity index (χ0n) is 21.3. The molecule has 0 saturated carbocycles. The summed E-state index contributed by atoms with van der Waals surface area (Å²) in [4.78, 5) is 40.8. The quantitative estimate of drug-likeness (QED) is 0.334. The van der Waals surface area contributed by atoms with Crippen LogP contribution in [-0.2, 0) is 14.4 Å². The van der Waals surface area contributed by atoms with Crippen LogP contribution in [0.1, 0.15) is 5.56 Å². The fourth-order valence-corrected chi connectivity index (χ4v) is 3.37. The molecule has 1 aliphatic heterocycles. The van der Waals surface area contributed by atoms with Gasteiger partial charge in [0, 0.05) is 42.3 Å². The number of rotatable bonds is 4. The third kappa shape index (κ3) is 10.1. The predicted molar refractivity (Wildman–Crippen MR) is 137 cm³/mol. The number of amides is 1. The summed E-state index contributed by atoms with van der Waals surface area (Å²) in [6, 6.07) is 11.2. The first-order valence-electron chi connectivity index (χ1n) is 11.4. The maximum atomic E-state index is 12.8. The number of hydrogen-bond acceptors (Lipinski definition) is 7. The standard InChI is InChI=1S/C21H19ClN4O2.2C2HF3O2/c1-14-10-17(22)2-3-19(14)28-13-20(27)26-9-8-24-18-11-16(12-25-21(18)26)15-4-6-23-7-5-15;2*3-2(4,5)1(6)7/h2-7,10-12,24H,8-9,13H2,1H3;2*(H,6,7). The second-order valence-electron chi connectivity index (χ2n) is 8.11. The Balaban J connectivity index is 0.000000367. The fourth-order valence-electron chi connectivity index (χ4n) is 3.15. The zero-order chi connectivity index (χ0) is 31.7. The van der Waals surface area contributed by atoms with E-state index in [9.17, 15) is 31.1 Å². The molecule has 1 aliphatic rings. The SMILES string of the molecule is Cc1cc(Cl)ccc1OCC(=O)N1CCNc2cc(-c3ccncc3)cnc21.O=C(O)C(F)(F)F.O=C(O)C(F)(F)F. The smallest absolute Gasteiger partial charge is 0.483 e. The third-order valence-corrected chi connectivity index (χ3v) is 5.30. The van der Waals surface area contributed by atoms with Crippen molar-refractivity contribution in [1.82, 2.24) is 9.97 Å². The summed E-state index contributed by atoms with van der Waals surface area (Å²) in [6.07, 6.45) is -4.91. The van der Waals surface area contributed by atoms with Crippen LogP contribution in [0.5, 0.6) is 5.75 Å². The van der Waals surface area contributed by atoms with Crippen molar-refractivity contribution in [3.8, 4) is 16.9 Å². The molecule has 0 fully saturated rings. The molecule has 1 aromatic carbocycles. The molecule has 226 valence electrons. The van der Waals surface area contributed by atoms with Gasteiger partial charge < -0.3 is 20.3 Å². The predicted octanol–water partition coefficient (Wildman–Crippen LogP) is 5.21. The van der Waals surface area contributed by atoms with Gasteiger partial charge in [0.1, 0.15) is 5.75 Å². The molecule has 17 heteroatoms. The number of carbonyl (C=O) groups is 3. The van der Waals surface area contributed by atoms with Crippen molar-refractivity contribution in [3.05, 3.63) is 65.6 Å². The minimum absolute atomic E-state index is 0.0598. The number of aliphatic carboxylic acids is 2. The van der Waals surface area contributed by atoms with Crippen molar-refractivity contribution in [2.75, 3.05) is 29.9 Å². The Kier molecular flexibility index (Phi) is 11.5. The van der Waals surface area contributed by atoms with Crippen LogP contribution in [0, 0.1) is 6.92 Å². The van der Waals surface area contributed by atoms with Crippen molar-refractivity contribution in [3.63, 3.8) is 0 Å². The van der Waals surface area contributed by atoms with E-state index in [0.717, 1.165) is 22.4 Å². The van der Waals surface area contributed by atoms with E-state index in [1.54, 1.807) is 35.6 Å². The lowest BCUT2D eigenvalue weighted by molar-refractivity contribution is -0.193. The van der Waals surface area contributed by atoms with Crippen LogP contribution in [0.15, 0.2) is 55.0 Å². The average Bonchev–Trinajstić information content (AvgIpc) is 2.92. The second kappa shape index (κ2) is 14.3. The summed E-state index contributed by atoms with van der Waals surface area (Å²) in [5, 5.41) is 18.2. The van der Waals surface area contributed by atoms with E-state index >= 15 is 0 Å². The van der Waals surface area contributed by atoms with Crippen molar-refractivity contribution < 1.29 is 55.7 Å². The largest absolute Gasteiger partial charge is 0.490 e. The first-order chi connectivity index (χ1) is 19.5. The van der Waals surface area contributed by atoms with Crippen LogP contribution in [0.3, 0.4) is 0 Å². The summed E-state index contributed by atoms with van der Waals surface area (Å²) < 4.78 is 69.2. The molecule has 3 aromatic rings. The highest BCUT2D eigenvalue weighted by molar-refractivity contribution is 6.30. The van der Waals surface area contributed by atoms with Gasteiger partial charge in [0.2, 0.25) is 0 Å². The van der Waals surface area contributed by atoms with Gasteiger partial charge in [-0.1, -0.05) is 11.6 Å². The normalized spacial score (nSPS) is 12.3. The number of carbonyl (C=O) groups excluding carboxylic acids is 1. The van der Waals surface area contributed by atoms with Crippen molar-refractivity contribution in [2.24, 2.45) is 0 Å². The van der Waals surface area contributed by atoms with E-state index in [1.807, 2.05) is 31.2 Å². The molecule has 0 unspecified atom stereocenters. The van der Waals surface area contributed by atoms with E-state index in [0.29, 0.717) is 29.7 Å². The first-order valence-corrected chi connectivity index (χ1v) is 11.8. The molecule has 0 saturated heterocycles. The van der Waals surface area contributed by atoms with E-state index < -0.39 is 24.3 Å². The molecule has 4 rings (SSSR count). The molecule has 42 heavy (non-hydrogen) atoms. The second-order valence-corrected chi connectivity index (χ2v) is 8.54. The Labute approximate surface area is 238 Å². The highest BCUT2D eigenvalue weighted by atomic mass is 35.5. The van der Waals surface area contributed by atoms with Gasteiger partial charge in [-0.15, -0.1) is 0 Å². The molecule has 0 aliphatic carbocycles. The maximum absolute atomic E-state index is 12.8. The van der Waals surface area contributed by atoms with Crippen LogP contribution in [0.2, 0.25) is 5.02 Å². The lowest BCUT2D eigenvalue weighted by Gasteiger charge is -2.29. The number of aryl methyl sites for hydroxylation is 1. The summed E-state index contributed by atoms with van der Waals surface area (Å²) in [6.45, 7) is 3.03. The molecule has 3 heterocycles.